The molecule has 1 N–H and O–H groups in total. The number of ether oxygens (including phenoxy) is 1. The first kappa shape index (κ1) is 10.6. The molecular formula is C9H6N2O4. The van der Waals surface area contributed by atoms with Gasteiger partial charge in [-0.3, -0.25) is 0 Å². The molecule has 0 saturated carbocycles. The van der Waals surface area contributed by atoms with Gasteiger partial charge in [0, 0.05) is 0 Å². The summed E-state index contributed by atoms with van der Waals surface area (Å²) in [5.41, 5.74) is 7.18. The molecule has 0 aliphatic carbocycles. The molecule has 15 heavy (non-hydrogen) atoms. The van der Waals surface area contributed by atoms with Gasteiger partial charge < -0.3 is 15.4 Å². The predicted octanol–water partition coefficient (Wildman–Crippen LogP) is 0.347. The molecule has 0 atom stereocenters. The smallest absolute Gasteiger partial charge is 0.472 e. The summed E-state index contributed by atoms with van der Waals surface area (Å²) >= 11 is 0. The van der Waals surface area contributed by atoms with Crippen LogP contribution >= 0.6 is 0 Å². The van der Waals surface area contributed by atoms with Gasteiger partial charge in [0.1, 0.15) is 5.75 Å². The second-order valence-corrected chi connectivity index (χ2v) is 2.46. The number of aliphatic carboxylic acids is 1. The first-order chi connectivity index (χ1) is 7.15. The Morgan fingerprint density at radius 2 is 1.87 bits per heavy atom. The van der Waals surface area contributed by atoms with Crippen LogP contribution in [0.2, 0.25) is 0 Å². The van der Waals surface area contributed by atoms with E-state index in [2.05, 4.69) is 9.53 Å². The van der Waals surface area contributed by atoms with Crippen LogP contribution in [0, 0.1) is 0 Å². The highest BCUT2D eigenvalue weighted by molar-refractivity contribution is 6.60. The second-order valence-electron chi connectivity index (χ2n) is 2.46. The minimum Gasteiger partial charge on any atom is -0.472 e. The van der Waals surface area contributed by atoms with Gasteiger partial charge in [0.15, 0.2) is 0 Å². The van der Waals surface area contributed by atoms with Crippen molar-refractivity contribution in [3.8, 4) is 5.75 Å². The predicted molar refractivity (Wildman–Crippen MR) is 48.3 cm³/mol. The average molecular weight is 206 g/mol. The van der Waals surface area contributed by atoms with Gasteiger partial charge in [-0.05, 0) is 12.1 Å². The van der Waals surface area contributed by atoms with Crippen molar-refractivity contribution < 1.29 is 24.2 Å². The molecule has 0 fully saturated rings. The van der Waals surface area contributed by atoms with Crippen molar-refractivity contribution in [2.24, 2.45) is 0 Å². The quantitative estimate of drug-likeness (QED) is 0.192. The molecular weight excluding hydrogens is 200 g/mol. The number of hydrogen-bond donors (Lipinski definition) is 1. The zero-order chi connectivity index (χ0) is 11.3. The van der Waals surface area contributed by atoms with Gasteiger partial charge in [-0.1, -0.05) is 18.2 Å². The Labute approximate surface area is 84.3 Å². The number of nitrogens with zero attached hydrogens (tertiary/aromatic N) is 2. The van der Waals surface area contributed by atoms with Crippen LogP contribution in [0.3, 0.4) is 0 Å². The van der Waals surface area contributed by atoms with Crippen LogP contribution in [0.15, 0.2) is 30.3 Å². The number of hydrogen-bond acceptors (Lipinski definition) is 3. The third-order valence-corrected chi connectivity index (χ3v) is 1.45. The number of esters is 1. The molecule has 76 valence electrons. The van der Waals surface area contributed by atoms with Crippen molar-refractivity contribution in [1.29, 1.82) is 0 Å². The molecule has 0 bridgehead atoms. The third-order valence-electron chi connectivity index (χ3n) is 1.45. The molecule has 0 aromatic heterocycles. The summed E-state index contributed by atoms with van der Waals surface area (Å²) in [5.74, 6) is -2.71. The van der Waals surface area contributed by atoms with Crippen molar-refractivity contribution in [3.05, 3.63) is 35.9 Å². The van der Waals surface area contributed by atoms with Crippen molar-refractivity contribution in [2.75, 3.05) is 0 Å². The number of carboxylic acid groups (broad SMARTS) is 1. The van der Waals surface area contributed by atoms with Crippen LogP contribution in [0.4, 0.5) is 0 Å². The fourth-order valence-electron chi connectivity index (χ4n) is 0.815. The molecule has 1 rings (SSSR count). The lowest BCUT2D eigenvalue weighted by atomic mass is 10.3. The van der Waals surface area contributed by atoms with E-state index >= 15 is 0 Å². The number of carbonyl (C=O) groups excluding carboxylic acids is 1. The Morgan fingerprint density at radius 1 is 1.27 bits per heavy atom. The SMILES string of the molecule is [N-]=[N+]=C(C(=O)O)C(=O)Oc1ccccc1. The van der Waals surface area contributed by atoms with Gasteiger partial charge in [-0.25, -0.2) is 9.59 Å². The molecule has 0 aliphatic rings. The maximum absolute atomic E-state index is 11.1. The van der Waals surface area contributed by atoms with Crippen LogP contribution in [0.5, 0.6) is 5.75 Å². The van der Waals surface area contributed by atoms with E-state index in [9.17, 15) is 9.59 Å². The highest BCUT2D eigenvalue weighted by atomic mass is 16.5. The average Bonchev–Trinajstić information content (AvgIpc) is 2.19. The first-order valence-electron chi connectivity index (χ1n) is 3.87. The number of rotatable bonds is 3. The van der Waals surface area contributed by atoms with Crippen LogP contribution < -0.4 is 4.74 Å². The van der Waals surface area contributed by atoms with E-state index in [0.717, 1.165) is 0 Å². The normalized spacial score (nSPS) is 8.80. The summed E-state index contributed by atoms with van der Waals surface area (Å²) in [4.78, 5) is 23.8. The fraction of sp³-hybridized carbons (Fsp3) is 0. The Morgan fingerprint density at radius 3 is 2.33 bits per heavy atom. The van der Waals surface area contributed by atoms with E-state index in [1.807, 2.05) is 0 Å². The van der Waals surface area contributed by atoms with Gasteiger partial charge in [0.05, 0.1) is 0 Å². The van der Waals surface area contributed by atoms with Crippen molar-refractivity contribution in [3.63, 3.8) is 0 Å². The fourth-order valence-corrected chi connectivity index (χ4v) is 0.815. The molecule has 0 heterocycles. The summed E-state index contributed by atoms with van der Waals surface area (Å²) in [7, 11) is 0. The Hall–Kier alpha value is -2.46. The van der Waals surface area contributed by atoms with Gasteiger partial charge in [0.25, 0.3) is 0 Å². The minimum atomic E-state index is -1.65. The van der Waals surface area contributed by atoms with Gasteiger partial charge in [-0.15, -0.1) is 0 Å². The molecule has 6 heteroatoms. The summed E-state index contributed by atoms with van der Waals surface area (Å²) in [6.07, 6.45) is 0. The summed E-state index contributed by atoms with van der Waals surface area (Å²) in [6.45, 7) is 0. The van der Waals surface area contributed by atoms with Crippen LogP contribution in [0.1, 0.15) is 0 Å². The minimum absolute atomic E-state index is 0.171. The summed E-state index contributed by atoms with van der Waals surface area (Å²) in [5, 5.41) is 8.43. The van der Waals surface area contributed by atoms with E-state index in [0.29, 0.717) is 0 Å². The van der Waals surface area contributed by atoms with Crippen molar-refractivity contribution in [1.82, 2.24) is 0 Å². The van der Waals surface area contributed by atoms with Crippen LogP contribution in [0.25, 0.3) is 5.53 Å². The van der Waals surface area contributed by atoms with E-state index in [-0.39, 0.29) is 5.75 Å². The first-order valence-corrected chi connectivity index (χ1v) is 3.87. The molecule has 1 aromatic carbocycles. The molecule has 0 saturated heterocycles. The molecule has 0 radical (unpaired) electrons. The third kappa shape index (κ3) is 2.75. The maximum atomic E-state index is 11.1. The van der Waals surface area contributed by atoms with E-state index in [1.165, 1.54) is 12.1 Å². The zero-order valence-corrected chi connectivity index (χ0v) is 7.45. The summed E-state index contributed by atoms with van der Waals surface area (Å²) < 4.78 is 4.62. The largest absolute Gasteiger partial charge is 0.482 e. The molecule has 0 unspecified atom stereocenters. The lowest BCUT2D eigenvalue weighted by molar-refractivity contribution is -0.141. The summed E-state index contributed by atoms with van der Waals surface area (Å²) in [6, 6.07) is 7.86. The zero-order valence-electron chi connectivity index (χ0n) is 7.45. The van der Waals surface area contributed by atoms with Crippen LogP contribution in [-0.4, -0.2) is 27.5 Å². The number of benzene rings is 1. The molecule has 0 aliphatic heterocycles. The van der Waals surface area contributed by atoms with Gasteiger partial charge in [0.2, 0.25) is 0 Å². The molecule has 1 aromatic rings. The maximum Gasteiger partial charge on any atom is 0.482 e. The monoisotopic (exact) mass is 206 g/mol. The molecule has 0 spiro atoms. The van der Waals surface area contributed by atoms with E-state index < -0.39 is 17.7 Å². The molecule has 6 nitrogen and oxygen atoms in total. The second kappa shape index (κ2) is 4.69. The van der Waals surface area contributed by atoms with Gasteiger partial charge in [-0.2, -0.15) is 4.79 Å². The topological polar surface area (TPSA) is 100 Å². The molecule has 0 amide bonds. The highest BCUT2D eigenvalue weighted by Gasteiger charge is 2.31. The number of carboxylic acids is 1. The Kier molecular flexibility index (Phi) is 3.32. The van der Waals surface area contributed by atoms with E-state index in [4.69, 9.17) is 10.6 Å². The lowest BCUT2D eigenvalue weighted by Crippen LogP contribution is -2.29. The van der Waals surface area contributed by atoms with Gasteiger partial charge >= 0.3 is 17.7 Å². The van der Waals surface area contributed by atoms with Crippen LogP contribution in [-0.2, 0) is 9.59 Å². The van der Waals surface area contributed by atoms with Crippen molar-refractivity contribution in [2.45, 2.75) is 0 Å². The van der Waals surface area contributed by atoms with E-state index in [1.54, 1.807) is 18.2 Å². The standard InChI is InChI=1S/C9H6N2O4/c10-11-7(8(12)13)9(14)15-6-4-2-1-3-5-6/h1-5H,(H,12,13). The lowest BCUT2D eigenvalue weighted by Gasteiger charge is -1.98. The highest BCUT2D eigenvalue weighted by Crippen LogP contribution is 2.08. The number of carbonyl (C=O) groups is 2. The van der Waals surface area contributed by atoms with Crippen molar-refractivity contribution >= 4 is 17.7 Å². The Bertz CT molecular complexity index is 435. The Balaban J connectivity index is 2.81. The number of para-hydroxylation sites is 1.